The van der Waals surface area contributed by atoms with Crippen molar-refractivity contribution in [3.63, 3.8) is 0 Å². The van der Waals surface area contributed by atoms with Crippen LogP contribution >= 0.6 is 0 Å². The van der Waals surface area contributed by atoms with Crippen LogP contribution in [0.15, 0.2) is 61.2 Å². The van der Waals surface area contributed by atoms with Crippen molar-refractivity contribution in [1.29, 1.82) is 5.26 Å². The molecule has 0 aromatic heterocycles. The predicted molar refractivity (Wildman–Crippen MR) is 101 cm³/mol. The largest absolute Gasteiger partial charge is 0.494 e. The molecule has 4 nitrogen and oxygen atoms in total. The number of hydrogen-bond donors (Lipinski definition) is 0. The van der Waals surface area contributed by atoms with Crippen LogP contribution in [0.5, 0.6) is 11.5 Å². The smallest absolute Gasteiger partial charge is 0.343 e. The quantitative estimate of drug-likeness (QED) is 0.253. The highest BCUT2D eigenvalue weighted by molar-refractivity contribution is 5.91. The van der Waals surface area contributed by atoms with E-state index in [2.05, 4.69) is 6.58 Å². The molecule has 0 amide bonds. The van der Waals surface area contributed by atoms with Crippen molar-refractivity contribution >= 4 is 5.97 Å². The highest BCUT2D eigenvalue weighted by Gasteiger charge is 2.09. The van der Waals surface area contributed by atoms with Crippen LogP contribution in [0, 0.1) is 11.3 Å². The molecule has 0 aliphatic heterocycles. The molecule has 0 heterocycles. The summed E-state index contributed by atoms with van der Waals surface area (Å²) >= 11 is 0. The Balaban J connectivity index is 1.76. The third kappa shape index (κ3) is 6.45. The average molecular weight is 349 g/mol. The molecule has 0 fully saturated rings. The van der Waals surface area contributed by atoms with Gasteiger partial charge in [0.1, 0.15) is 11.5 Å². The molecule has 26 heavy (non-hydrogen) atoms. The number of rotatable bonds is 10. The number of carbonyl (C=O) groups is 1. The maximum Gasteiger partial charge on any atom is 0.343 e. The SMILES string of the molecule is C=CCCCCCCOc1ccc(C(=O)Oc2ccc(C#N)cc2)cc1. The van der Waals surface area contributed by atoms with E-state index in [4.69, 9.17) is 14.7 Å². The van der Waals surface area contributed by atoms with Gasteiger partial charge in [-0.05, 0) is 67.8 Å². The second-order valence-corrected chi connectivity index (χ2v) is 5.89. The van der Waals surface area contributed by atoms with Crippen LogP contribution in [0.3, 0.4) is 0 Å². The van der Waals surface area contributed by atoms with Crippen molar-refractivity contribution in [2.45, 2.75) is 32.1 Å². The topological polar surface area (TPSA) is 59.3 Å². The van der Waals surface area contributed by atoms with Gasteiger partial charge < -0.3 is 9.47 Å². The number of unbranched alkanes of at least 4 members (excludes halogenated alkanes) is 4. The lowest BCUT2D eigenvalue weighted by Crippen LogP contribution is -2.08. The zero-order valence-corrected chi connectivity index (χ0v) is 14.8. The predicted octanol–water partition coefficient (Wildman–Crippen LogP) is 5.29. The molecule has 0 aliphatic rings. The van der Waals surface area contributed by atoms with Gasteiger partial charge >= 0.3 is 5.97 Å². The number of nitrogens with zero attached hydrogens (tertiary/aromatic N) is 1. The number of allylic oxidation sites excluding steroid dienone is 1. The zero-order valence-electron chi connectivity index (χ0n) is 14.8. The summed E-state index contributed by atoms with van der Waals surface area (Å²) < 4.78 is 11.0. The molecular formula is C22H23NO3. The van der Waals surface area contributed by atoms with E-state index in [1.807, 2.05) is 12.1 Å². The Morgan fingerprint density at radius 1 is 0.962 bits per heavy atom. The molecule has 0 N–H and O–H groups in total. The first-order valence-corrected chi connectivity index (χ1v) is 8.79. The van der Waals surface area contributed by atoms with Crippen LogP contribution in [0.2, 0.25) is 0 Å². The first kappa shape index (κ1) is 19.3. The molecule has 0 aliphatic carbocycles. The average Bonchev–Trinajstić information content (AvgIpc) is 2.68. The van der Waals surface area contributed by atoms with Crippen LogP contribution in [0.4, 0.5) is 0 Å². The fraction of sp³-hybridized carbons (Fsp3) is 0.273. The molecule has 0 saturated heterocycles. The number of carbonyl (C=O) groups excluding carboxylic acids is 1. The van der Waals surface area contributed by atoms with E-state index >= 15 is 0 Å². The summed E-state index contributed by atoms with van der Waals surface area (Å²) in [6.07, 6.45) is 7.54. The van der Waals surface area contributed by atoms with E-state index in [1.54, 1.807) is 48.5 Å². The van der Waals surface area contributed by atoms with Gasteiger partial charge in [-0.15, -0.1) is 6.58 Å². The normalized spacial score (nSPS) is 9.96. The number of hydrogen-bond acceptors (Lipinski definition) is 4. The van der Waals surface area contributed by atoms with Gasteiger partial charge in [0, 0.05) is 0 Å². The minimum atomic E-state index is -0.441. The highest BCUT2D eigenvalue weighted by atomic mass is 16.5. The Bertz CT molecular complexity index is 742. The maximum absolute atomic E-state index is 12.1. The van der Waals surface area contributed by atoms with E-state index in [9.17, 15) is 4.79 Å². The number of esters is 1. The summed E-state index contributed by atoms with van der Waals surface area (Å²) in [7, 11) is 0. The van der Waals surface area contributed by atoms with Crippen molar-refractivity contribution in [2.24, 2.45) is 0 Å². The summed E-state index contributed by atoms with van der Waals surface area (Å²) in [5.74, 6) is 0.709. The Hall–Kier alpha value is -3.06. The molecule has 0 atom stereocenters. The first-order chi connectivity index (χ1) is 12.7. The van der Waals surface area contributed by atoms with Crippen LogP contribution in [0.1, 0.15) is 48.0 Å². The van der Waals surface area contributed by atoms with Crippen molar-refractivity contribution in [3.05, 3.63) is 72.3 Å². The van der Waals surface area contributed by atoms with Crippen molar-refractivity contribution in [3.8, 4) is 17.6 Å². The summed E-state index contributed by atoms with van der Waals surface area (Å²) in [5.41, 5.74) is 0.971. The molecule has 0 radical (unpaired) electrons. The van der Waals surface area contributed by atoms with Crippen LogP contribution < -0.4 is 9.47 Å². The number of nitriles is 1. The lowest BCUT2D eigenvalue weighted by Gasteiger charge is -2.07. The van der Waals surface area contributed by atoms with Gasteiger partial charge in [0.2, 0.25) is 0 Å². The van der Waals surface area contributed by atoms with E-state index in [1.165, 1.54) is 12.8 Å². The molecule has 0 bridgehead atoms. The van der Waals surface area contributed by atoms with E-state index < -0.39 is 5.97 Å². The zero-order chi connectivity index (χ0) is 18.6. The standard InChI is InChI=1S/C22H23NO3/c1-2-3-4-5-6-7-16-25-20-14-10-19(11-15-20)22(24)26-21-12-8-18(17-23)9-13-21/h2,8-15H,1,3-7,16H2. The Kier molecular flexibility index (Phi) is 7.95. The Labute approximate surface area is 154 Å². The summed E-state index contributed by atoms with van der Waals surface area (Å²) in [6.45, 7) is 4.38. The fourth-order valence-electron chi connectivity index (χ4n) is 2.39. The van der Waals surface area contributed by atoms with Crippen LogP contribution in [-0.2, 0) is 0 Å². The minimum Gasteiger partial charge on any atom is -0.494 e. The molecule has 0 saturated carbocycles. The summed E-state index contributed by atoms with van der Waals surface area (Å²) in [5, 5.41) is 8.77. The molecule has 0 unspecified atom stereocenters. The van der Waals surface area contributed by atoms with Gasteiger partial charge in [0.15, 0.2) is 0 Å². The van der Waals surface area contributed by atoms with E-state index in [-0.39, 0.29) is 0 Å². The van der Waals surface area contributed by atoms with Crippen molar-refractivity contribution < 1.29 is 14.3 Å². The third-order valence-corrected chi connectivity index (χ3v) is 3.86. The molecule has 2 rings (SSSR count). The summed E-state index contributed by atoms with van der Waals surface area (Å²) in [6, 6.07) is 15.4. The van der Waals surface area contributed by atoms with Gasteiger partial charge in [0.25, 0.3) is 0 Å². The highest BCUT2D eigenvalue weighted by Crippen LogP contribution is 2.17. The fourth-order valence-corrected chi connectivity index (χ4v) is 2.39. The molecule has 2 aromatic carbocycles. The van der Waals surface area contributed by atoms with Crippen LogP contribution in [0.25, 0.3) is 0 Å². The summed E-state index contributed by atoms with van der Waals surface area (Å²) in [4.78, 5) is 12.1. The monoisotopic (exact) mass is 349 g/mol. The van der Waals surface area contributed by atoms with Crippen molar-refractivity contribution in [1.82, 2.24) is 0 Å². The third-order valence-electron chi connectivity index (χ3n) is 3.86. The maximum atomic E-state index is 12.1. The van der Waals surface area contributed by atoms with Crippen molar-refractivity contribution in [2.75, 3.05) is 6.61 Å². The van der Waals surface area contributed by atoms with Gasteiger partial charge in [-0.3, -0.25) is 0 Å². The van der Waals surface area contributed by atoms with Gasteiger partial charge in [-0.25, -0.2) is 4.79 Å². The molecule has 134 valence electrons. The van der Waals surface area contributed by atoms with E-state index in [0.29, 0.717) is 23.5 Å². The van der Waals surface area contributed by atoms with Gasteiger partial charge in [-0.1, -0.05) is 18.9 Å². The Morgan fingerprint density at radius 3 is 2.27 bits per heavy atom. The molecular weight excluding hydrogens is 326 g/mol. The van der Waals surface area contributed by atoms with Crippen LogP contribution in [-0.4, -0.2) is 12.6 Å². The molecule has 0 spiro atoms. The molecule has 2 aromatic rings. The first-order valence-electron chi connectivity index (χ1n) is 8.79. The lowest BCUT2D eigenvalue weighted by atomic mass is 10.1. The van der Waals surface area contributed by atoms with E-state index in [0.717, 1.165) is 25.0 Å². The lowest BCUT2D eigenvalue weighted by molar-refractivity contribution is 0.0734. The minimum absolute atomic E-state index is 0.408. The number of ether oxygens (including phenoxy) is 2. The second-order valence-electron chi connectivity index (χ2n) is 5.89. The number of benzene rings is 2. The molecule has 4 heteroatoms. The van der Waals surface area contributed by atoms with Gasteiger partial charge in [-0.2, -0.15) is 5.26 Å². The Morgan fingerprint density at radius 2 is 1.62 bits per heavy atom. The van der Waals surface area contributed by atoms with Gasteiger partial charge in [0.05, 0.1) is 23.8 Å². The second kappa shape index (κ2) is 10.7.